The van der Waals surface area contributed by atoms with Crippen LogP contribution in [0.4, 0.5) is 0 Å². The molecule has 0 saturated carbocycles. The van der Waals surface area contributed by atoms with Crippen molar-refractivity contribution in [1.29, 1.82) is 0 Å². The maximum absolute atomic E-state index is 2.36. The van der Waals surface area contributed by atoms with Crippen LogP contribution < -0.4 is 0 Å². The molecule has 0 saturated heterocycles. The van der Waals surface area contributed by atoms with Crippen LogP contribution in [0.3, 0.4) is 0 Å². The summed E-state index contributed by atoms with van der Waals surface area (Å²) in [6, 6.07) is 44.2. The zero-order chi connectivity index (χ0) is 23.1. The zero-order valence-corrected chi connectivity index (χ0v) is 19.5. The Balaban J connectivity index is 1.62. The maximum Gasteiger partial charge on any atom is -0.00267 e. The highest BCUT2D eigenvalue weighted by molar-refractivity contribution is 6.06. The Morgan fingerprint density at radius 2 is 1.06 bits per heavy atom. The number of hydrogen-bond donors (Lipinski definition) is 0. The van der Waals surface area contributed by atoms with Crippen LogP contribution in [0.15, 0.2) is 121 Å². The first-order chi connectivity index (χ1) is 16.7. The van der Waals surface area contributed by atoms with Crippen molar-refractivity contribution in [2.24, 2.45) is 0 Å². The predicted molar refractivity (Wildman–Crippen MR) is 147 cm³/mol. The summed E-state index contributed by atoms with van der Waals surface area (Å²) in [6.45, 7) is 4.42. The van der Waals surface area contributed by atoms with Crippen LogP contribution in [0.25, 0.3) is 54.9 Å². The third-order valence-corrected chi connectivity index (χ3v) is 6.92. The summed E-state index contributed by atoms with van der Waals surface area (Å²) in [7, 11) is 0. The minimum Gasteiger partial charge on any atom is -0.0622 e. The van der Waals surface area contributed by atoms with E-state index in [4.69, 9.17) is 0 Å². The van der Waals surface area contributed by atoms with Gasteiger partial charge in [-0.15, -0.1) is 0 Å². The molecule has 0 nitrogen and oxygen atoms in total. The second-order valence-corrected chi connectivity index (χ2v) is 9.12. The van der Waals surface area contributed by atoms with E-state index in [-0.39, 0.29) is 0 Å². The predicted octanol–water partition coefficient (Wildman–Crippen LogP) is 9.61. The lowest BCUT2D eigenvalue weighted by molar-refractivity contribution is 1.50. The second kappa shape index (κ2) is 8.32. The Morgan fingerprint density at radius 1 is 0.382 bits per heavy atom. The van der Waals surface area contributed by atoms with Crippen molar-refractivity contribution in [3.63, 3.8) is 0 Å². The third kappa shape index (κ3) is 3.49. The molecule has 0 heterocycles. The van der Waals surface area contributed by atoms with Gasteiger partial charge in [0.25, 0.3) is 0 Å². The van der Waals surface area contributed by atoms with Crippen molar-refractivity contribution in [2.75, 3.05) is 0 Å². The van der Waals surface area contributed by atoms with E-state index < -0.39 is 0 Å². The molecule has 0 radical (unpaired) electrons. The number of hydrogen-bond acceptors (Lipinski definition) is 0. The Kier molecular flexibility index (Phi) is 5.00. The maximum atomic E-state index is 2.36. The minimum atomic E-state index is 1.25. The summed E-state index contributed by atoms with van der Waals surface area (Å²) in [5, 5.41) is 5.20. The van der Waals surface area contributed by atoms with Crippen molar-refractivity contribution in [2.45, 2.75) is 13.8 Å². The van der Waals surface area contributed by atoms with E-state index in [0.717, 1.165) is 0 Å². The quantitative estimate of drug-likeness (QED) is 0.260. The van der Waals surface area contributed by atoms with Crippen molar-refractivity contribution < 1.29 is 0 Å². The highest BCUT2D eigenvalue weighted by Crippen LogP contribution is 2.40. The highest BCUT2D eigenvalue weighted by atomic mass is 14.2. The van der Waals surface area contributed by atoms with Crippen LogP contribution in [-0.4, -0.2) is 0 Å². The van der Waals surface area contributed by atoms with Gasteiger partial charge in [0.1, 0.15) is 0 Å². The fourth-order valence-corrected chi connectivity index (χ4v) is 5.20. The summed E-state index contributed by atoms with van der Waals surface area (Å²) in [4.78, 5) is 0. The standard InChI is InChI=1S/C34H26/c1-23-10-9-15-33-31(23)18-19-32(34(33)26-13-7-4-8-14-26)28-20-24(2)30-17-16-27(21-29(30)22-28)25-11-5-3-6-12-25/h3-22H,1-2H3. The van der Waals surface area contributed by atoms with Gasteiger partial charge in [0.2, 0.25) is 0 Å². The van der Waals surface area contributed by atoms with Gasteiger partial charge < -0.3 is 0 Å². The van der Waals surface area contributed by atoms with Crippen molar-refractivity contribution in [1.82, 2.24) is 0 Å². The number of aryl methyl sites for hydroxylation is 2. The van der Waals surface area contributed by atoms with Crippen LogP contribution in [0.2, 0.25) is 0 Å². The van der Waals surface area contributed by atoms with E-state index in [1.54, 1.807) is 0 Å². The molecule has 0 aliphatic heterocycles. The van der Waals surface area contributed by atoms with Gasteiger partial charge in [-0.3, -0.25) is 0 Å². The number of benzene rings is 6. The molecular formula is C34H26. The molecule has 0 aliphatic carbocycles. The van der Waals surface area contributed by atoms with E-state index in [1.165, 1.54) is 66.1 Å². The largest absolute Gasteiger partial charge is 0.0622 e. The lowest BCUT2D eigenvalue weighted by Gasteiger charge is -2.17. The van der Waals surface area contributed by atoms with Crippen LogP contribution in [0.5, 0.6) is 0 Å². The summed E-state index contributed by atoms with van der Waals surface area (Å²) in [5.41, 5.74) is 10.2. The molecule has 34 heavy (non-hydrogen) atoms. The fraction of sp³-hybridized carbons (Fsp3) is 0.0588. The first kappa shape index (κ1) is 20.4. The van der Waals surface area contributed by atoms with Crippen LogP contribution >= 0.6 is 0 Å². The molecule has 0 atom stereocenters. The SMILES string of the molecule is Cc1cc(-c2ccc3c(C)cccc3c2-c2ccccc2)cc2cc(-c3ccccc3)ccc12. The van der Waals surface area contributed by atoms with E-state index in [2.05, 4.69) is 135 Å². The topological polar surface area (TPSA) is 0 Å². The summed E-state index contributed by atoms with van der Waals surface area (Å²) in [5.74, 6) is 0. The molecule has 0 spiro atoms. The zero-order valence-electron chi connectivity index (χ0n) is 19.5. The molecule has 0 unspecified atom stereocenters. The molecule has 162 valence electrons. The molecule has 6 aromatic rings. The molecule has 0 aliphatic rings. The lowest BCUT2D eigenvalue weighted by atomic mass is 9.87. The number of rotatable bonds is 3. The van der Waals surface area contributed by atoms with Gasteiger partial charge in [-0.2, -0.15) is 0 Å². The van der Waals surface area contributed by atoms with Gasteiger partial charge in [0.15, 0.2) is 0 Å². The Hall–Kier alpha value is -4.16. The first-order valence-corrected chi connectivity index (χ1v) is 11.9. The molecule has 0 aromatic heterocycles. The molecule has 0 bridgehead atoms. The van der Waals surface area contributed by atoms with Crippen molar-refractivity contribution in [3.05, 3.63) is 132 Å². The van der Waals surface area contributed by atoms with Crippen molar-refractivity contribution in [3.8, 4) is 33.4 Å². The molecular weight excluding hydrogens is 408 g/mol. The lowest BCUT2D eigenvalue weighted by Crippen LogP contribution is -1.91. The summed E-state index contributed by atoms with van der Waals surface area (Å²) in [6.07, 6.45) is 0. The molecule has 6 rings (SSSR count). The summed E-state index contributed by atoms with van der Waals surface area (Å²) < 4.78 is 0. The highest BCUT2D eigenvalue weighted by Gasteiger charge is 2.14. The van der Waals surface area contributed by atoms with Gasteiger partial charge in [-0.05, 0) is 92.0 Å². The average Bonchev–Trinajstić information content (AvgIpc) is 2.89. The van der Waals surface area contributed by atoms with E-state index in [9.17, 15) is 0 Å². The van der Waals surface area contributed by atoms with Gasteiger partial charge in [-0.25, -0.2) is 0 Å². The summed E-state index contributed by atoms with van der Waals surface area (Å²) >= 11 is 0. The van der Waals surface area contributed by atoms with E-state index in [1.807, 2.05) is 0 Å². The molecule has 0 fully saturated rings. The Morgan fingerprint density at radius 3 is 1.82 bits per heavy atom. The molecule has 0 N–H and O–H groups in total. The van der Waals surface area contributed by atoms with Gasteiger partial charge in [-0.1, -0.05) is 109 Å². The smallest absolute Gasteiger partial charge is 0.00267 e. The van der Waals surface area contributed by atoms with Crippen LogP contribution in [-0.2, 0) is 0 Å². The van der Waals surface area contributed by atoms with Gasteiger partial charge in [0.05, 0.1) is 0 Å². The Labute approximate surface area is 201 Å². The fourth-order valence-electron chi connectivity index (χ4n) is 5.20. The van der Waals surface area contributed by atoms with Gasteiger partial charge in [0, 0.05) is 0 Å². The average molecular weight is 435 g/mol. The van der Waals surface area contributed by atoms with E-state index >= 15 is 0 Å². The monoisotopic (exact) mass is 434 g/mol. The minimum absolute atomic E-state index is 1.25. The first-order valence-electron chi connectivity index (χ1n) is 11.9. The normalized spacial score (nSPS) is 11.2. The second-order valence-electron chi connectivity index (χ2n) is 9.12. The molecule has 6 aromatic carbocycles. The van der Waals surface area contributed by atoms with Crippen LogP contribution in [0, 0.1) is 13.8 Å². The van der Waals surface area contributed by atoms with Gasteiger partial charge >= 0.3 is 0 Å². The van der Waals surface area contributed by atoms with E-state index in [0.29, 0.717) is 0 Å². The third-order valence-electron chi connectivity index (χ3n) is 6.92. The number of fused-ring (bicyclic) bond motifs is 2. The van der Waals surface area contributed by atoms with Crippen molar-refractivity contribution >= 4 is 21.5 Å². The molecule has 0 heteroatoms. The Bertz CT molecular complexity index is 1640. The molecule has 0 amide bonds. The van der Waals surface area contributed by atoms with Crippen LogP contribution in [0.1, 0.15) is 11.1 Å².